The van der Waals surface area contributed by atoms with E-state index in [9.17, 15) is 14.0 Å². The number of amides is 1. The van der Waals surface area contributed by atoms with Gasteiger partial charge in [0.15, 0.2) is 6.61 Å². The summed E-state index contributed by atoms with van der Waals surface area (Å²) < 4.78 is 18.6. The van der Waals surface area contributed by atoms with E-state index >= 15 is 0 Å². The van der Waals surface area contributed by atoms with Crippen molar-refractivity contribution < 1.29 is 18.7 Å². The quantitative estimate of drug-likeness (QED) is 0.616. The summed E-state index contributed by atoms with van der Waals surface area (Å²) in [7, 11) is 0. The van der Waals surface area contributed by atoms with Crippen LogP contribution >= 0.6 is 15.9 Å². The molecule has 1 amide bonds. The molecule has 0 heterocycles. The molecule has 0 aliphatic rings. The highest BCUT2D eigenvalue weighted by Crippen LogP contribution is 2.23. The average Bonchev–Trinajstić information content (AvgIpc) is 2.54. The van der Waals surface area contributed by atoms with Crippen LogP contribution in [0.25, 0.3) is 6.08 Å². The maximum absolute atomic E-state index is 13.0. The Labute approximate surface area is 147 Å². The van der Waals surface area contributed by atoms with Gasteiger partial charge in [-0.05, 0) is 64.3 Å². The number of hydrogen-bond acceptors (Lipinski definition) is 3. The number of ether oxygens (including phenoxy) is 1. The normalized spacial score (nSPS) is 10.6. The zero-order chi connectivity index (χ0) is 17.5. The zero-order valence-corrected chi connectivity index (χ0v) is 14.5. The summed E-state index contributed by atoms with van der Waals surface area (Å²) in [5.74, 6) is -1.53. The summed E-state index contributed by atoms with van der Waals surface area (Å²) in [6.07, 6.45) is 2.56. The Hall–Kier alpha value is -2.47. The average molecular weight is 392 g/mol. The number of esters is 1. The largest absolute Gasteiger partial charge is 0.452 e. The van der Waals surface area contributed by atoms with Crippen LogP contribution in [0, 0.1) is 12.7 Å². The van der Waals surface area contributed by atoms with Crippen LogP contribution in [-0.4, -0.2) is 18.5 Å². The molecule has 0 saturated heterocycles. The van der Waals surface area contributed by atoms with Crippen molar-refractivity contribution in [2.75, 3.05) is 11.9 Å². The molecule has 0 atom stereocenters. The van der Waals surface area contributed by atoms with Gasteiger partial charge < -0.3 is 10.1 Å². The molecule has 0 aromatic heterocycles. The van der Waals surface area contributed by atoms with Crippen LogP contribution in [-0.2, 0) is 14.3 Å². The van der Waals surface area contributed by atoms with Gasteiger partial charge in [-0.25, -0.2) is 9.18 Å². The molecule has 0 saturated carbocycles. The van der Waals surface area contributed by atoms with E-state index in [4.69, 9.17) is 4.74 Å². The summed E-state index contributed by atoms with van der Waals surface area (Å²) in [5.41, 5.74) is 2.17. The SMILES string of the molecule is Cc1ccc(NC(=O)COC(=O)/C=C/c2cccc(F)c2)c(Br)c1. The minimum atomic E-state index is -0.683. The fourth-order valence-electron chi connectivity index (χ4n) is 1.87. The molecule has 0 aliphatic heterocycles. The van der Waals surface area contributed by atoms with E-state index < -0.39 is 24.3 Å². The number of anilines is 1. The second-order valence-corrected chi connectivity index (χ2v) is 5.88. The summed E-state index contributed by atoms with van der Waals surface area (Å²) in [5, 5.41) is 2.64. The van der Waals surface area contributed by atoms with Crippen molar-refractivity contribution >= 4 is 39.6 Å². The first-order valence-electron chi connectivity index (χ1n) is 7.10. The van der Waals surface area contributed by atoms with E-state index in [0.717, 1.165) is 16.1 Å². The summed E-state index contributed by atoms with van der Waals surface area (Å²) in [4.78, 5) is 23.4. The molecule has 2 aromatic carbocycles. The van der Waals surface area contributed by atoms with Crippen LogP contribution < -0.4 is 5.32 Å². The van der Waals surface area contributed by atoms with Crippen LogP contribution in [0.1, 0.15) is 11.1 Å². The minimum absolute atomic E-state index is 0.395. The molecule has 0 aliphatic carbocycles. The van der Waals surface area contributed by atoms with Crippen LogP contribution in [0.5, 0.6) is 0 Å². The van der Waals surface area contributed by atoms with E-state index in [1.165, 1.54) is 24.3 Å². The van der Waals surface area contributed by atoms with E-state index in [2.05, 4.69) is 21.2 Å². The lowest BCUT2D eigenvalue weighted by Gasteiger charge is -2.08. The van der Waals surface area contributed by atoms with E-state index in [0.29, 0.717) is 11.3 Å². The van der Waals surface area contributed by atoms with Crippen LogP contribution in [0.3, 0.4) is 0 Å². The molecule has 2 rings (SSSR count). The fourth-order valence-corrected chi connectivity index (χ4v) is 2.46. The molecule has 0 bridgehead atoms. The van der Waals surface area contributed by atoms with Crippen molar-refractivity contribution in [3.8, 4) is 0 Å². The van der Waals surface area contributed by atoms with Crippen LogP contribution in [0.4, 0.5) is 10.1 Å². The number of carbonyl (C=O) groups excluding carboxylic acids is 2. The smallest absolute Gasteiger partial charge is 0.331 e. The Morgan fingerprint density at radius 1 is 1.25 bits per heavy atom. The molecule has 0 radical (unpaired) electrons. The summed E-state index contributed by atoms with van der Waals surface area (Å²) in [6, 6.07) is 11.2. The Balaban J connectivity index is 1.83. The molecule has 24 heavy (non-hydrogen) atoms. The first kappa shape index (κ1) is 17.9. The monoisotopic (exact) mass is 391 g/mol. The molecular formula is C18H15BrFNO3. The van der Waals surface area contributed by atoms with Crippen LogP contribution in [0.15, 0.2) is 53.0 Å². The summed E-state index contributed by atoms with van der Waals surface area (Å²) >= 11 is 3.35. The third-order valence-electron chi connectivity index (χ3n) is 3.00. The Morgan fingerprint density at radius 3 is 2.75 bits per heavy atom. The highest BCUT2D eigenvalue weighted by Gasteiger charge is 2.08. The number of aryl methyl sites for hydroxylation is 1. The maximum atomic E-state index is 13.0. The number of nitrogens with one attached hydrogen (secondary N) is 1. The number of hydrogen-bond donors (Lipinski definition) is 1. The topological polar surface area (TPSA) is 55.4 Å². The number of benzene rings is 2. The van der Waals surface area contributed by atoms with Crippen LogP contribution in [0.2, 0.25) is 0 Å². The minimum Gasteiger partial charge on any atom is -0.452 e. The number of carbonyl (C=O) groups is 2. The second-order valence-electron chi connectivity index (χ2n) is 5.03. The first-order valence-corrected chi connectivity index (χ1v) is 7.90. The van der Waals surface area contributed by atoms with Crippen molar-refractivity contribution in [3.63, 3.8) is 0 Å². The molecule has 2 aromatic rings. The molecular weight excluding hydrogens is 377 g/mol. The molecule has 0 fully saturated rings. The number of rotatable bonds is 5. The first-order chi connectivity index (χ1) is 11.4. The van der Waals surface area contributed by atoms with Crippen molar-refractivity contribution in [2.24, 2.45) is 0 Å². The van der Waals surface area contributed by atoms with Gasteiger partial charge in [0.25, 0.3) is 5.91 Å². The van der Waals surface area contributed by atoms with Crippen molar-refractivity contribution in [3.05, 3.63) is 70.0 Å². The Bertz CT molecular complexity index is 790. The Morgan fingerprint density at radius 2 is 2.04 bits per heavy atom. The van der Waals surface area contributed by atoms with Crippen molar-refractivity contribution in [2.45, 2.75) is 6.92 Å². The lowest BCUT2D eigenvalue weighted by Crippen LogP contribution is -2.20. The molecule has 124 valence electrons. The third-order valence-corrected chi connectivity index (χ3v) is 3.66. The number of halogens is 2. The zero-order valence-electron chi connectivity index (χ0n) is 12.9. The molecule has 1 N–H and O–H groups in total. The van der Waals surface area contributed by atoms with Gasteiger partial charge in [0.1, 0.15) is 5.82 Å². The van der Waals surface area contributed by atoms with Gasteiger partial charge >= 0.3 is 5.97 Å². The summed E-state index contributed by atoms with van der Waals surface area (Å²) in [6.45, 7) is 1.52. The molecule has 6 heteroatoms. The third kappa shape index (κ3) is 5.62. The lowest BCUT2D eigenvalue weighted by molar-refractivity contribution is -0.142. The molecule has 0 spiro atoms. The van der Waals surface area contributed by atoms with Gasteiger partial charge in [0, 0.05) is 10.5 Å². The predicted octanol–water partition coefficient (Wildman–Crippen LogP) is 4.09. The highest BCUT2D eigenvalue weighted by atomic mass is 79.9. The lowest BCUT2D eigenvalue weighted by atomic mass is 10.2. The van der Waals surface area contributed by atoms with Gasteiger partial charge in [-0.15, -0.1) is 0 Å². The van der Waals surface area contributed by atoms with Gasteiger partial charge in [-0.3, -0.25) is 4.79 Å². The van der Waals surface area contributed by atoms with E-state index in [1.54, 1.807) is 12.1 Å². The Kier molecular flexibility index (Phi) is 6.26. The van der Waals surface area contributed by atoms with Gasteiger partial charge in [0.05, 0.1) is 5.69 Å². The van der Waals surface area contributed by atoms with E-state index in [1.807, 2.05) is 19.1 Å². The van der Waals surface area contributed by atoms with E-state index in [-0.39, 0.29) is 0 Å². The molecule has 4 nitrogen and oxygen atoms in total. The highest BCUT2D eigenvalue weighted by molar-refractivity contribution is 9.10. The maximum Gasteiger partial charge on any atom is 0.331 e. The van der Waals surface area contributed by atoms with Gasteiger partial charge in [0.2, 0.25) is 0 Å². The molecule has 0 unspecified atom stereocenters. The van der Waals surface area contributed by atoms with Crippen molar-refractivity contribution in [1.82, 2.24) is 0 Å². The van der Waals surface area contributed by atoms with Crippen molar-refractivity contribution in [1.29, 1.82) is 0 Å². The van der Waals surface area contributed by atoms with Gasteiger partial charge in [-0.1, -0.05) is 18.2 Å². The predicted molar refractivity (Wildman–Crippen MR) is 93.9 cm³/mol. The second kappa shape index (κ2) is 8.40. The fraction of sp³-hybridized carbons (Fsp3) is 0.111. The van der Waals surface area contributed by atoms with Gasteiger partial charge in [-0.2, -0.15) is 0 Å². The standard InChI is InChI=1S/C18H15BrFNO3/c1-12-5-7-16(15(19)9-12)21-17(22)11-24-18(23)8-6-13-3-2-4-14(20)10-13/h2-10H,11H2,1H3,(H,21,22)/b8-6+.